The van der Waals surface area contributed by atoms with Gasteiger partial charge < -0.3 is 70.1 Å². The number of aliphatic carboxylic acids is 4. The van der Waals surface area contributed by atoms with Crippen molar-refractivity contribution in [1.29, 1.82) is 0 Å². The molecule has 113 heavy (non-hydrogen) atoms. The molecule has 4 aliphatic carbocycles. The van der Waals surface area contributed by atoms with Crippen LogP contribution in [-0.4, -0.2) is 134 Å². The zero-order chi connectivity index (χ0) is 82.6. The second-order valence-electron chi connectivity index (χ2n) is 31.1. The molecule has 4 aromatic rings. The van der Waals surface area contributed by atoms with Gasteiger partial charge in [-0.2, -0.15) is 0 Å². The number of carboxylic acids is 4. The van der Waals surface area contributed by atoms with Gasteiger partial charge in [0, 0.05) is 47.5 Å². The Morgan fingerprint density at radius 3 is 1.03 bits per heavy atom. The molecule has 4 fully saturated rings. The van der Waals surface area contributed by atoms with Gasteiger partial charge in [0.05, 0.1) is 53.3 Å². The summed E-state index contributed by atoms with van der Waals surface area (Å²) in [6.45, 7) is 7.93. The highest BCUT2D eigenvalue weighted by molar-refractivity contribution is 9.11. The van der Waals surface area contributed by atoms with Crippen LogP contribution in [0.4, 0.5) is 0 Å². The number of aliphatic hydroxyl groups is 8. The number of carboxylic acid groups (broad SMARTS) is 4. The molecule has 626 valence electrons. The first-order chi connectivity index (χ1) is 54.0. The summed E-state index contributed by atoms with van der Waals surface area (Å²) < 4.78 is 14.3. The van der Waals surface area contributed by atoms with E-state index in [4.69, 9.17) is 29.3 Å². The van der Waals surface area contributed by atoms with Crippen LogP contribution in [0, 0.1) is 75.0 Å². The molecule has 4 saturated carbocycles. The fourth-order valence-corrected chi connectivity index (χ4v) is 16.2. The SMILES string of the molecule is Cc1cc(CC[C@H](O)/C=C/[C@H]2CCC(O)[C@@H]2C/C=C\CCCC(=O)O)ccc1Br.Cc1ccc(CC[C@H](O)/C=C/[C@H]2CCC(O)[C@@H]2C/C=C\CCCC(=O)O)cc1Br.Cc1ccc(CC[C@H](O)/C=C/[C@H]2CCC(O)[C@@H]2C/C=C\CCCC(=O)O)o1.Cc1oc(CC[C@H](O)/C=C/[C@H]2CCC(O)[C@@H]2C/C=C\CCCC(=O)O)cc1Br. The van der Waals surface area contributed by atoms with E-state index in [9.17, 15) is 60.0 Å². The molecule has 0 spiro atoms. The first kappa shape index (κ1) is 97.5. The van der Waals surface area contributed by atoms with Crippen molar-refractivity contribution in [3.63, 3.8) is 0 Å². The number of carbonyl (C=O) groups is 4. The van der Waals surface area contributed by atoms with Gasteiger partial charge in [-0.1, -0.05) is 153 Å². The standard InChI is InChI=1S/2C24H33BrO4.C22H31BrO5.C22H32O5/c1-17-16-18(9-14-22(17)25)8-12-20(26)13-10-19-11-15-23(27)21(19)6-4-2-3-5-7-24(28)29;1-17-8-9-18(16-22(17)25)10-13-20(26)14-11-19-12-15-23(27)21(19)6-4-2-3-5-7-24(28)29;1-15-20(23)14-18(28-15)12-11-17(24)10-8-16-9-13-21(25)19(16)6-4-2-3-5-7-22(26)27;1-16-8-13-19(27-16)14-12-18(23)11-9-17-10-15-21(24)20(17)6-4-2-3-5-7-22(25)26/h2,4,9-10,13-14,16,19-21,23,26-27H,3,5-8,11-12,15H2,1H3,(H,28,29);2,4,8-9,11,14,16,19-21,23,26-27H,3,5-7,10,12-13,15H2,1H3,(H,28,29);2,4,8,10,14,16-17,19,21,24-25H,3,5-7,9,11-13H2,1H3,(H,26,27);2,4,8-9,11,13,17-18,20-21,23-24H,3,5-7,10,12,14-15H2,1H3,(H,25,26)/b4-2-,13-10+;4-2-,14-11+;4-2-,10-8+;4-2-,11-9+/t2*19-,20-,21+,23?;16-,17+,19+,21?;17-,18+,20+,21?/m0000/s1. The van der Waals surface area contributed by atoms with Crippen LogP contribution in [-0.2, 0) is 44.9 Å². The molecule has 21 heteroatoms. The molecular formula is C92H129Br3O18. The fourth-order valence-electron chi connectivity index (χ4n) is 15.2. The number of aliphatic hydroxyl groups excluding tert-OH is 8. The highest BCUT2D eigenvalue weighted by atomic mass is 79.9. The van der Waals surface area contributed by atoms with E-state index in [1.807, 2.05) is 92.8 Å². The summed E-state index contributed by atoms with van der Waals surface area (Å²) in [6, 6.07) is 18.4. The number of unbranched alkanes of at least 4 members (excludes halogenated alkanes) is 4. The molecule has 0 saturated heterocycles. The van der Waals surface area contributed by atoms with Crippen molar-refractivity contribution in [2.24, 2.45) is 47.3 Å². The van der Waals surface area contributed by atoms with Crippen molar-refractivity contribution in [2.45, 2.75) is 282 Å². The summed E-state index contributed by atoms with van der Waals surface area (Å²) in [5.74, 6) is 2.16. The van der Waals surface area contributed by atoms with Crippen LogP contribution >= 0.6 is 47.8 Å². The third-order valence-electron chi connectivity index (χ3n) is 22.0. The lowest BCUT2D eigenvalue weighted by Crippen LogP contribution is -2.17. The fraction of sp³-hybridized carbons (Fsp3) is 0.565. The molecular weight excluding hydrogens is 1630 g/mol. The molecule has 4 aliphatic rings. The van der Waals surface area contributed by atoms with E-state index in [1.54, 1.807) is 0 Å². The monoisotopic (exact) mass is 1760 g/mol. The largest absolute Gasteiger partial charge is 0.481 e. The van der Waals surface area contributed by atoms with E-state index >= 15 is 0 Å². The maximum Gasteiger partial charge on any atom is 0.303 e. The lowest BCUT2D eigenvalue weighted by molar-refractivity contribution is -0.138. The summed E-state index contributed by atoms with van der Waals surface area (Å²) in [7, 11) is 0. The number of hydrogen-bond donors (Lipinski definition) is 12. The minimum atomic E-state index is -0.766. The van der Waals surface area contributed by atoms with Crippen molar-refractivity contribution >= 4 is 71.7 Å². The Balaban J connectivity index is 0.000000269. The number of hydrogen-bond acceptors (Lipinski definition) is 14. The number of allylic oxidation sites excluding steroid dienone is 12. The maximum absolute atomic E-state index is 10.5. The Labute approximate surface area is 696 Å². The van der Waals surface area contributed by atoms with E-state index in [2.05, 4.69) is 135 Å². The summed E-state index contributed by atoms with van der Waals surface area (Å²) >= 11 is 10.5. The molecule has 0 aliphatic heterocycles. The molecule has 12 N–H and O–H groups in total. The molecule has 0 radical (unpaired) electrons. The molecule has 16 atom stereocenters. The van der Waals surface area contributed by atoms with Gasteiger partial charge in [-0.05, 0) is 310 Å². The molecule has 0 bridgehead atoms. The Kier molecular flexibility index (Phi) is 47.2. The zero-order valence-corrected chi connectivity index (χ0v) is 71.5. The Morgan fingerprint density at radius 2 is 0.717 bits per heavy atom. The predicted molar refractivity (Wildman–Crippen MR) is 456 cm³/mol. The highest BCUT2D eigenvalue weighted by Crippen LogP contribution is 2.40. The average molecular weight is 1760 g/mol. The number of aryl methyl sites for hydroxylation is 8. The Hall–Kier alpha value is -6.08. The predicted octanol–water partition coefficient (Wildman–Crippen LogP) is 19.2. The molecule has 8 rings (SSSR count). The van der Waals surface area contributed by atoms with Crippen LogP contribution in [0.3, 0.4) is 0 Å². The third-order valence-corrected chi connectivity index (χ3v) is 24.6. The molecule has 2 aromatic carbocycles. The lowest BCUT2D eigenvalue weighted by Gasteiger charge is -2.18. The first-order valence-electron chi connectivity index (χ1n) is 41.0. The number of benzene rings is 2. The van der Waals surface area contributed by atoms with Crippen LogP contribution in [0.2, 0.25) is 0 Å². The van der Waals surface area contributed by atoms with Crippen LogP contribution in [0.25, 0.3) is 0 Å². The van der Waals surface area contributed by atoms with Gasteiger partial charge >= 0.3 is 23.9 Å². The summed E-state index contributed by atoms with van der Waals surface area (Å²) in [4.78, 5) is 42.0. The number of furan rings is 2. The molecule has 4 unspecified atom stereocenters. The van der Waals surface area contributed by atoms with Crippen molar-refractivity contribution in [3.8, 4) is 0 Å². The van der Waals surface area contributed by atoms with Gasteiger partial charge in [-0.15, -0.1) is 0 Å². The van der Waals surface area contributed by atoms with Crippen molar-refractivity contribution in [3.05, 3.63) is 211 Å². The normalized spacial score (nSPS) is 23.6. The lowest BCUT2D eigenvalue weighted by atomic mass is 9.90. The van der Waals surface area contributed by atoms with Gasteiger partial charge in [0.2, 0.25) is 0 Å². The van der Waals surface area contributed by atoms with E-state index < -0.39 is 48.3 Å². The Morgan fingerprint density at radius 1 is 0.381 bits per heavy atom. The quantitative estimate of drug-likeness (QED) is 0.0145. The average Bonchev–Trinajstić information content (AvgIpc) is 1.64. The summed E-state index contributed by atoms with van der Waals surface area (Å²) in [5, 5.41) is 117. The molecule has 2 heterocycles. The van der Waals surface area contributed by atoms with E-state index in [0.717, 1.165) is 152 Å². The van der Waals surface area contributed by atoms with Crippen molar-refractivity contribution < 1.29 is 89.3 Å². The Bertz CT molecular complexity index is 3530. The second kappa shape index (κ2) is 54.8. The van der Waals surface area contributed by atoms with Gasteiger partial charge in [-0.25, -0.2) is 0 Å². The highest BCUT2D eigenvalue weighted by Gasteiger charge is 2.36. The first-order valence-corrected chi connectivity index (χ1v) is 43.4. The number of rotatable bonds is 44. The minimum Gasteiger partial charge on any atom is -0.481 e. The van der Waals surface area contributed by atoms with Crippen LogP contribution in [0.5, 0.6) is 0 Å². The van der Waals surface area contributed by atoms with Crippen LogP contribution in [0.1, 0.15) is 225 Å². The van der Waals surface area contributed by atoms with Crippen molar-refractivity contribution in [1.82, 2.24) is 0 Å². The molecule has 18 nitrogen and oxygen atoms in total. The van der Waals surface area contributed by atoms with E-state index in [-0.39, 0.29) is 97.4 Å². The van der Waals surface area contributed by atoms with Gasteiger partial charge in [0.1, 0.15) is 23.0 Å². The van der Waals surface area contributed by atoms with Gasteiger partial charge in [0.25, 0.3) is 0 Å². The second-order valence-corrected chi connectivity index (χ2v) is 33.7. The van der Waals surface area contributed by atoms with E-state index in [1.165, 1.54) is 22.3 Å². The minimum absolute atomic E-state index is 0.155. The van der Waals surface area contributed by atoms with Crippen LogP contribution < -0.4 is 0 Å². The summed E-state index contributed by atoms with van der Waals surface area (Å²) in [6.07, 6.45) is 50.7. The summed E-state index contributed by atoms with van der Waals surface area (Å²) in [5.41, 5.74) is 4.83. The maximum atomic E-state index is 10.5. The third kappa shape index (κ3) is 40.1. The molecule has 2 aromatic heterocycles. The van der Waals surface area contributed by atoms with Crippen LogP contribution in [0.15, 0.2) is 174 Å². The van der Waals surface area contributed by atoms with Gasteiger partial charge in [0.15, 0.2) is 0 Å². The van der Waals surface area contributed by atoms with E-state index in [0.29, 0.717) is 64.2 Å². The zero-order valence-electron chi connectivity index (χ0n) is 66.7. The van der Waals surface area contributed by atoms with Crippen molar-refractivity contribution in [2.75, 3.05) is 0 Å². The molecule has 0 amide bonds. The van der Waals surface area contributed by atoms with Gasteiger partial charge in [-0.3, -0.25) is 19.2 Å². The topological polar surface area (TPSA) is 337 Å². The number of halogens is 3. The smallest absolute Gasteiger partial charge is 0.303 e.